The lowest BCUT2D eigenvalue weighted by Gasteiger charge is -2.15. The molecular formula is C14H19N3O2. The van der Waals surface area contributed by atoms with Gasteiger partial charge in [0.1, 0.15) is 11.9 Å². The van der Waals surface area contributed by atoms with Crippen molar-refractivity contribution < 1.29 is 9.84 Å². The molecule has 0 aliphatic heterocycles. The largest absolute Gasteiger partial charge is 0.489 e. The number of pyridine rings is 1. The molecule has 0 bridgehead atoms. The molecule has 2 aromatic rings. The van der Waals surface area contributed by atoms with Crippen LogP contribution in [-0.4, -0.2) is 25.7 Å². The topological polar surface area (TPSA) is 60.2 Å². The molecule has 5 heteroatoms. The summed E-state index contributed by atoms with van der Waals surface area (Å²) in [6.45, 7) is 6.68. The smallest absolute Gasteiger partial charge is 0.138 e. The van der Waals surface area contributed by atoms with Crippen LogP contribution in [0.15, 0.2) is 31.0 Å². The Hall–Kier alpha value is -1.88. The molecule has 102 valence electrons. The van der Waals surface area contributed by atoms with Gasteiger partial charge in [-0.3, -0.25) is 4.98 Å². The van der Waals surface area contributed by atoms with Gasteiger partial charge in [-0.15, -0.1) is 0 Å². The monoisotopic (exact) mass is 261 g/mol. The van der Waals surface area contributed by atoms with Crippen molar-refractivity contribution in [2.45, 2.75) is 39.5 Å². The van der Waals surface area contributed by atoms with Gasteiger partial charge in [-0.05, 0) is 26.8 Å². The number of rotatable bonds is 5. The quantitative estimate of drug-likeness (QED) is 0.896. The van der Waals surface area contributed by atoms with E-state index in [2.05, 4.69) is 9.97 Å². The van der Waals surface area contributed by atoms with Crippen LogP contribution in [0.4, 0.5) is 0 Å². The summed E-state index contributed by atoms with van der Waals surface area (Å²) in [6.07, 6.45) is 6.00. The summed E-state index contributed by atoms with van der Waals surface area (Å²) >= 11 is 0. The average molecular weight is 261 g/mol. The molecule has 0 fully saturated rings. The second-order valence-corrected chi connectivity index (χ2v) is 4.63. The van der Waals surface area contributed by atoms with Crippen LogP contribution in [0.1, 0.15) is 38.1 Å². The Morgan fingerprint density at radius 1 is 1.26 bits per heavy atom. The van der Waals surface area contributed by atoms with Gasteiger partial charge in [0.2, 0.25) is 0 Å². The number of nitrogens with zero attached hydrogens (tertiary/aromatic N) is 3. The Balaban J connectivity index is 2.26. The minimum absolute atomic E-state index is 0.0790. The van der Waals surface area contributed by atoms with Crippen LogP contribution in [-0.2, 0) is 6.54 Å². The molecule has 0 saturated carbocycles. The summed E-state index contributed by atoms with van der Waals surface area (Å²) in [4.78, 5) is 8.17. The number of imidazole rings is 1. The van der Waals surface area contributed by atoms with Crippen LogP contribution in [0.5, 0.6) is 5.75 Å². The molecule has 0 spiro atoms. The van der Waals surface area contributed by atoms with Crippen molar-refractivity contribution in [2.24, 2.45) is 0 Å². The van der Waals surface area contributed by atoms with Crippen molar-refractivity contribution in [3.05, 3.63) is 42.2 Å². The lowest BCUT2D eigenvalue weighted by atomic mass is 10.1. The van der Waals surface area contributed by atoms with Gasteiger partial charge in [-0.1, -0.05) is 0 Å². The second kappa shape index (κ2) is 5.84. The van der Waals surface area contributed by atoms with Crippen molar-refractivity contribution in [2.75, 3.05) is 0 Å². The van der Waals surface area contributed by atoms with Gasteiger partial charge < -0.3 is 14.4 Å². The number of aryl methyl sites for hydroxylation is 1. The summed E-state index contributed by atoms with van der Waals surface area (Å²) in [5, 5.41) is 10.4. The van der Waals surface area contributed by atoms with E-state index in [0.717, 1.165) is 12.2 Å². The highest BCUT2D eigenvalue weighted by molar-refractivity contribution is 5.29. The summed E-state index contributed by atoms with van der Waals surface area (Å²) in [7, 11) is 0. The summed E-state index contributed by atoms with van der Waals surface area (Å²) in [6, 6.07) is 1.81. The van der Waals surface area contributed by atoms with Crippen molar-refractivity contribution in [3.63, 3.8) is 0 Å². The van der Waals surface area contributed by atoms with Crippen molar-refractivity contribution in [1.82, 2.24) is 14.5 Å². The Bertz CT molecular complexity index is 537. The van der Waals surface area contributed by atoms with E-state index in [0.29, 0.717) is 11.3 Å². The molecule has 1 atom stereocenters. The highest BCUT2D eigenvalue weighted by atomic mass is 16.5. The molecule has 0 radical (unpaired) electrons. The molecule has 1 N–H and O–H groups in total. The maximum atomic E-state index is 10.4. The van der Waals surface area contributed by atoms with Crippen LogP contribution in [0.2, 0.25) is 0 Å². The molecule has 19 heavy (non-hydrogen) atoms. The normalized spacial score (nSPS) is 12.7. The minimum atomic E-state index is -0.745. The fourth-order valence-corrected chi connectivity index (χ4v) is 1.92. The number of aliphatic hydroxyl groups is 1. The Morgan fingerprint density at radius 2 is 2.05 bits per heavy atom. The predicted octanol–water partition coefficient (Wildman–Crippen LogP) is 2.17. The second-order valence-electron chi connectivity index (χ2n) is 4.63. The maximum Gasteiger partial charge on any atom is 0.138 e. The van der Waals surface area contributed by atoms with Crippen molar-refractivity contribution in [1.29, 1.82) is 0 Å². The number of aliphatic hydroxyl groups excluding tert-OH is 1. The van der Waals surface area contributed by atoms with Gasteiger partial charge in [0.05, 0.1) is 30.5 Å². The van der Waals surface area contributed by atoms with E-state index in [9.17, 15) is 5.11 Å². The highest BCUT2D eigenvalue weighted by Crippen LogP contribution is 2.24. The average Bonchev–Trinajstić information content (AvgIpc) is 2.85. The van der Waals surface area contributed by atoms with Gasteiger partial charge in [-0.2, -0.15) is 0 Å². The summed E-state index contributed by atoms with van der Waals surface area (Å²) < 4.78 is 7.49. The summed E-state index contributed by atoms with van der Waals surface area (Å²) in [5.41, 5.74) is 1.46. The molecule has 2 heterocycles. The third kappa shape index (κ3) is 3.12. The number of hydrogen-bond donors (Lipinski definition) is 1. The third-order valence-corrected chi connectivity index (χ3v) is 2.79. The first-order chi connectivity index (χ1) is 9.11. The maximum absolute atomic E-state index is 10.4. The van der Waals surface area contributed by atoms with E-state index >= 15 is 0 Å². The lowest BCUT2D eigenvalue weighted by Crippen LogP contribution is -2.09. The molecule has 1 unspecified atom stereocenters. The fourth-order valence-electron chi connectivity index (χ4n) is 1.92. The predicted molar refractivity (Wildman–Crippen MR) is 72.0 cm³/mol. The number of aromatic nitrogens is 3. The molecule has 0 amide bonds. The summed E-state index contributed by atoms with van der Waals surface area (Å²) in [5.74, 6) is 0.661. The molecule has 0 aliphatic rings. The molecule has 2 rings (SSSR count). The SMILES string of the molecule is CCn1cncc1C(O)c1cncc(OC(C)C)c1. The van der Waals surface area contributed by atoms with E-state index in [1.54, 1.807) is 24.9 Å². The van der Waals surface area contributed by atoms with Gasteiger partial charge in [0, 0.05) is 18.3 Å². The third-order valence-electron chi connectivity index (χ3n) is 2.79. The van der Waals surface area contributed by atoms with E-state index in [1.807, 2.05) is 31.4 Å². The zero-order valence-electron chi connectivity index (χ0n) is 11.4. The minimum Gasteiger partial charge on any atom is -0.489 e. The van der Waals surface area contributed by atoms with E-state index in [4.69, 9.17) is 4.74 Å². The van der Waals surface area contributed by atoms with Gasteiger partial charge in [-0.25, -0.2) is 4.98 Å². The molecule has 0 aliphatic carbocycles. The first-order valence-electron chi connectivity index (χ1n) is 6.41. The van der Waals surface area contributed by atoms with Crippen LogP contribution in [0.3, 0.4) is 0 Å². The van der Waals surface area contributed by atoms with Gasteiger partial charge in [0.25, 0.3) is 0 Å². The Kier molecular flexibility index (Phi) is 4.16. The molecule has 0 aromatic carbocycles. The first kappa shape index (κ1) is 13.5. The Morgan fingerprint density at radius 3 is 2.74 bits per heavy atom. The molecular weight excluding hydrogens is 242 g/mol. The Labute approximate surface area is 112 Å². The van der Waals surface area contributed by atoms with E-state index in [1.165, 1.54) is 0 Å². The van der Waals surface area contributed by atoms with Gasteiger partial charge >= 0.3 is 0 Å². The van der Waals surface area contributed by atoms with E-state index in [-0.39, 0.29) is 6.10 Å². The highest BCUT2D eigenvalue weighted by Gasteiger charge is 2.16. The van der Waals surface area contributed by atoms with Crippen LogP contribution in [0, 0.1) is 0 Å². The van der Waals surface area contributed by atoms with Crippen molar-refractivity contribution >= 4 is 0 Å². The molecule has 2 aromatic heterocycles. The molecule has 5 nitrogen and oxygen atoms in total. The lowest BCUT2D eigenvalue weighted by molar-refractivity contribution is 0.206. The zero-order valence-corrected chi connectivity index (χ0v) is 11.4. The molecule has 0 saturated heterocycles. The van der Waals surface area contributed by atoms with Crippen LogP contribution < -0.4 is 4.74 Å². The zero-order chi connectivity index (χ0) is 13.8. The van der Waals surface area contributed by atoms with Gasteiger partial charge in [0.15, 0.2) is 0 Å². The van der Waals surface area contributed by atoms with Crippen LogP contribution >= 0.6 is 0 Å². The number of hydrogen-bond acceptors (Lipinski definition) is 4. The van der Waals surface area contributed by atoms with Crippen molar-refractivity contribution in [3.8, 4) is 5.75 Å². The fraction of sp³-hybridized carbons (Fsp3) is 0.429. The van der Waals surface area contributed by atoms with E-state index < -0.39 is 6.10 Å². The number of ether oxygens (including phenoxy) is 1. The first-order valence-corrected chi connectivity index (χ1v) is 6.41. The standard InChI is InChI=1S/C14H19N3O2/c1-4-17-9-16-8-13(17)14(18)11-5-12(7-15-6-11)19-10(2)3/h5-10,14,18H,4H2,1-3H3. The van der Waals surface area contributed by atoms with Crippen LogP contribution in [0.25, 0.3) is 0 Å².